The average Bonchev–Trinajstić information content (AvgIpc) is 2.75. The van der Waals surface area contributed by atoms with Crippen molar-refractivity contribution in [3.8, 4) is 11.5 Å². The summed E-state index contributed by atoms with van der Waals surface area (Å²) in [5, 5.41) is 0. The molecule has 0 saturated carbocycles. The van der Waals surface area contributed by atoms with Crippen LogP contribution in [0.1, 0.15) is 0 Å². The smallest absolute Gasteiger partial charge is 0.265 e. The number of hydrogen-bond donors (Lipinski definition) is 2. The van der Waals surface area contributed by atoms with Gasteiger partial charge in [-0.3, -0.25) is 9.44 Å². The number of anilines is 2. The van der Waals surface area contributed by atoms with E-state index in [9.17, 15) is 25.6 Å². The molecule has 0 saturated heterocycles. The first-order valence-electron chi connectivity index (χ1n) is 8.88. The van der Waals surface area contributed by atoms with Crippen molar-refractivity contribution in [1.29, 1.82) is 0 Å². The Morgan fingerprint density at radius 1 is 0.750 bits per heavy atom. The highest BCUT2D eigenvalue weighted by molar-refractivity contribution is 7.93. The van der Waals surface area contributed by atoms with Gasteiger partial charge in [0.05, 0.1) is 24.8 Å². The van der Waals surface area contributed by atoms with Gasteiger partial charge in [0.25, 0.3) is 20.0 Å². The van der Waals surface area contributed by atoms with Gasteiger partial charge in [-0.25, -0.2) is 25.6 Å². The highest BCUT2D eigenvalue weighted by Gasteiger charge is 2.24. The Bertz CT molecular complexity index is 1350. The summed E-state index contributed by atoms with van der Waals surface area (Å²) in [6.45, 7) is 0. The third-order valence-electron chi connectivity index (χ3n) is 4.25. The molecule has 2 N–H and O–H groups in total. The molecule has 12 heteroatoms. The summed E-state index contributed by atoms with van der Waals surface area (Å²) < 4.78 is 92.7. The Balaban J connectivity index is 1.96. The molecule has 3 aromatic carbocycles. The minimum atomic E-state index is -4.60. The van der Waals surface area contributed by atoms with Crippen LogP contribution in [0.2, 0.25) is 0 Å². The Morgan fingerprint density at radius 2 is 1.44 bits per heavy atom. The quantitative estimate of drug-likeness (QED) is 0.506. The molecule has 0 radical (unpaired) electrons. The SMILES string of the molecule is COc1ccc(NS(=O)(=O)c2ccc(OC)c(NS(=O)(=O)c3cc(F)ccc3F)c2)cc1. The highest BCUT2D eigenvalue weighted by atomic mass is 32.2. The van der Waals surface area contributed by atoms with Gasteiger partial charge in [0.1, 0.15) is 28.0 Å². The standard InChI is InChI=1S/C20H18F2N2O6S2/c1-29-15-6-4-14(5-7-15)23-31(25,26)16-8-10-19(30-2)18(12-16)24-32(27,28)20-11-13(21)3-9-17(20)22/h3-12,23-24H,1-2H3. The molecule has 0 atom stereocenters. The number of hydrogen-bond acceptors (Lipinski definition) is 6. The van der Waals surface area contributed by atoms with Crippen LogP contribution in [0.5, 0.6) is 11.5 Å². The van der Waals surface area contributed by atoms with Crippen molar-refractivity contribution in [2.24, 2.45) is 0 Å². The van der Waals surface area contributed by atoms with E-state index in [2.05, 4.69) is 4.72 Å². The lowest BCUT2D eigenvalue weighted by atomic mass is 10.3. The molecule has 170 valence electrons. The first-order chi connectivity index (χ1) is 15.1. The number of halogens is 2. The van der Waals surface area contributed by atoms with E-state index in [1.54, 1.807) is 12.1 Å². The van der Waals surface area contributed by atoms with Gasteiger partial charge in [0.2, 0.25) is 0 Å². The fraction of sp³-hybridized carbons (Fsp3) is 0.100. The van der Waals surface area contributed by atoms with Crippen molar-refractivity contribution >= 4 is 31.4 Å². The minimum Gasteiger partial charge on any atom is -0.497 e. The molecule has 0 spiro atoms. The number of benzene rings is 3. The second-order valence-corrected chi connectivity index (χ2v) is 9.71. The monoisotopic (exact) mass is 484 g/mol. The van der Waals surface area contributed by atoms with Crippen LogP contribution in [0, 0.1) is 11.6 Å². The van der Waals surface area contributed by atoms with Crippen molar-refractivity contribution < 1.29 is 35.1 Å². The van der Waals surface area contributed by atoms with Crippen molar-refractivity contribution in [3.63, 3.8) is 0 Å². The maximum atomic E-state index is 14.0. The molecule has 0 aliphatic rings. The lowest BCUT2D eigenvalue weighted by Crippen LogP contribution is -2.17. The Kier molecular flexibility index (Phi) is 6.55. The minimum absolute atomic E-state index is 0.0335. The van der Waals surface area contributed by atoms with Gasteiger partial charge in [-0.1, -0.05) is 0 Å². The van der Waals surface area contributed by atoms with Crippen LogP contribution in [0.15, 0.2) is 70.5 Å². The van der Waals surface area contributed by atoms with Crippen molar-refractivity contribution in [1.82, 2.24) is 0 Å². The van der Waals surface area contributed by atoms with Crippen LogP contribution >= 0.6 is 0 Å². The van der Waals surface area contributed by atoms with E-state index in [1.807, 2.05) is 4.72 Å². The van der Waals surface area contributed by atoms with E-state index in [0.29, 0.717) is 17.9 Å². The van der Waals surface area contributed by atoms with Crippen molar-refractivity contribution in [2.45, 2.75) is 9.79 Å². The zero-order valence-corrected chi connectivity index (χ0v) is 18.4. The summed E-state index contributed by atoms with van der Waals surface area (Å²) in [5.41, 5.74) is -0.0423. The molecule has 0 heterocycles. The molecule has 0 aliphatic carbocycles. The van der Waals surface area contributed by atoms with Gasteiger partial charge in [0, 0.05) is 5.69 Å². The first-order valence-corrected chi connectivity index (χ1v) is 11.8. The summed E-state index contributed by atoms with van der Waals surface area (Å²) >= 11 is 0. The molecule has 32 heavy (non-hydrogen) atoms. The van der Waals surface area contributed by atoms with Crippen LogP contribution in [-0.4, -0.2) is 31.1 Å². The number of sulfonamides is 2. The van der Waals surface area contributed by atoms with E-state index < -0.39 is 36.6 Å². The fourth-order valence-corrected chi connectivity index (χ4v) is 4.93. The number of methoxy groups -OCH3 is 2. The predicted octanol–water partition coefficient (Wildman–Crippen LogP) is 3.58. The predicted molar refractivity (Wildman–Crippen MR) is 114 cm³/mol. The average molecular weight is 485 g/mol. The fourth-order valence-electron chi connectivity index (χ4n) is 2.69. The van der Waals surface area contributed by atoms with Gasteiger partial charge in [-0.2, -0.15) is 0 Å². The van der Waals surface area contributed by atoms with Crippen LogP contribution < -0.4 is 18.9 Å². The topological polar surface area (TPSA) is 111 Å². The molecular weight excluding hydrogens is 466 g/mol. The second-order valence-electron chi connectivity index (χ2n) is 6.38. The first kappa shape index (κ1) is 23.3. The Morgan fingerprint density at radius 3 is 2.06 bits per heavy atom. The van der Waals surface area contributed by atoms with Crippen molar-refractivity contribution in [2.75, 3.05) is 23.7 Å². The summed E-state index contributed by atoms with van der Waals surface area (Å²) in [6, 6.07) is 11.4. The Labute approximate surface area is 183 Å². The molecule has 3 rings (SSSR count). The molecule has 0 fully saturated rings. The highest BCUT2D eigenvalue weighted by Crippen LogP contribution is 2.31. The molecule has 8 nitrogen and oxygen atoms in total. The third kappa shape index (κ3) is 5.08. The number of ether oxygens (including phenoxy) is 2. The molecule has 3 aromatic rings. The van der Waals surface area contributed by atoms with E-state index in [-0.39, 0.29) is 22.0 Å². The van der Waals surface area contributed by atoms with Gasteiger partial charge < -0.3 is 9.47 Å². The van der Waals surface area contributed by atoms with E-state index in [0.717, 1.165) is 12.1 Å². The normalized spacial score (nSPS) is 11.6. The molecule has 0 aromatic heterocycles. The molecule has 0 unspecified atom stereocenters. The van der Waals surface area contributed by atoms with E-state index >= 15 is 0 Å². The summed E-state index contributed by atoms with van der Waals surface area (Å²) in [6.07, 6.45) is 0. The van der Waals surface area contributed by atoms with E-state index in [4.69, 9.17) is 9.47 Å². The molecule has 0 bridgehead atoms. The number of nitrogens with one attached hydrogen (secondary N) is 2. The number of rotatable bonds is 8. The second kappa shape index (κ2) is 9.01. The maximum absolute atomic E-state index is 14.0. The summed E-state index contributed by atoms with van der Waals surface area (Å²) in [5.74, 6) is -1.64. The zero-order chi connectivity index (χ0) is 23.5. The lowest BCUT2D eigenvalue weighted by Gasteiger charge is -2.15. The van der Waals surface area contributed by atoms with Gasteiger partial charge >= 0.3 is 0 Å². The van der Waals surface area contributed by atoms with Gasteiger partial charge in [0.15, 0.2) is 0 Å². The zero-order valence-electron chi connectivity index (χ0n) is 16.8. The maximum Gasteiger partial charge on any atom is 0.265 e. The third-order valence-corrected chi connectivity index (χ3v) is 7.01. The van der Waals surface area contributed by atoms with Crippen LogP contribution in [0.3, 0.4) is 0 Å². The van der Waals surface area contributed by atoms with Gasteiger partial charge in [-0.15, -0.1) is 0 Å². The summed E-state index contributed by atoms with van der Waals surface area (Å²) in [4.78, 5) is -1.24. The molecule has 0 amide bonds. The van der Waals surface area contributed by atoms with E-state index in [1.165, 1.54) is 38.5 Å². The lowest BCUT2D eigenvalue weighted by molar-refractivity contribution is 0.415. The van der Waals surface area contributed by atoms with Crippen LogP contribution in [0.25, 0.3) is 0 Å². The summed E-state index contributed by atoms with van der Waals surface area (Å²) in [7, 11) is -6.03. The Hall–Kier alpha value is -3.38. The van der Waals surface area contributed by atoms with Crippen LogP contribution in [-0.2, 0) is 20.0 Å². The molecular formula is C20H18F2N2O6S2. The molecule has 0 aliphatic heterocycles. The van der Waals surface area contributed by atoms with Gasteiger partial charge in [-0.05, 0) is 60.7 Å². The van der Waals surface area contributed by atoms with Crippen molar-refractivity contribution in [3.05, 3.63) is 72.3 Å². The van der Waals surface area contributed by atoms with Crippen LogP contribution in [0.4, 0.5) is 20.2 Å². The largest absolute Gasteiger partial charge is 0.497 e.